The van der Waals surface area contributed by atoms with Crippen LogP contribution in [0.4, 0.5) is 0 Å². The van der Waals surface area contributed by atoms with E-state index in [1.807, 2.05) is 13.0 Å². The van der Waals surface area contributed by atoms with Gasteiger partial charge in [-0.3, -0.25) is 0 Å². The maximum absolute atomic E-state index is 5.66. The lowest BCUT2D eigenvalue weighted by Gasteiger charge is -1.93. The van der Waals surface area contributed by atoms with Crippen molar-refractivity contribution in [3.05, 3.63) is 26.5 Å². The molecule has 1 aromatic rings. The summed E-state index contributed by atoms with van der Waals surface area (Å²) in [7, 11) is 0. The molecule has 0 amide bonds. The van der Waals surface area contributed by atoms with E-state index in [2.05, 4.69) is 27.6 Å². The third-order valence-corrected chi connectivity index (χ3v) is 2.38. The van der Waals surface area contributed by atoms with Crippen LogP contribution in [-0.4, -0.2) is 4.98 Å². The second-order valence-electron chi connectivity index (χ2n) is 1.79. The summed E-state index contributed by atoms with van der Waals surface area (Å²) in [6, 6.07) is 2.00. The van der Waals surface area contributed by atoms with E-state index in [4.69, 9.17) is 11.6 Å². The van der Waals surface area contributed by atoms with Crippen molar-refractivity contribution in [2.24, 2.45) is 0 Å². The van der Waals surface area contributed by atoms with Crippen molar-refractivity contribution < 1.29 is 0 Å². The summed E-state index contributed by atoms with van der Waals surface area (Å²) in [4.78, 5) is 3.94. The molecule has 0 aliphatic carbocycles. The summed E-state index contributed by atoms with van der Waals surface area (Å²) in [6.07, 6.45) is 1.75. The Bertz CT molecular complexity index is 224. The van der Waals surface area contributed by atoms with Crippen LogP contribution in [-0.2, 0) is 0 Å². The van der Waals surface area contributed by atoms with E-state index in [1.165, 1.54) is 0 Å². The van der Waals surface area contributed by atoms with E-state index in [-0.39, 0.29) is 0 Å². The van der Waals surface area contributed by atoms with Crippen molar-refractivity contribution in [3.8, 4) is 0 Å². The number of hydrogen-bond acceptors (Lipinski definition) is 1. The second kappa shape index (κ2) is 2.84. The highest BCUT2D eigenvalue weighted by Gasteiger charge is 1.94. The van der Waals surface area contributed by atoms with Crippen LogP contribution >= 0.6 is 34.2 Å². The standard InChI is InChI=1S/C6H5ClIN/c1-4-2-5(8)6(7)9-3-4/h2-3H,1H3. The minimum Gasteiger partial charge on any atom is -0.243 e. The first-order valence-electron chi connectivity index (χ1n) is 2.48. The van der Waals surface area contributed by atoms with Gasteiger partial charge < -0.3 is 0 Å². The fourth-order valence-electron chi connectivity index (χ4n) is 0.517. The molecule has 1 rings (SSSR count). The van der Waals surface area contributed by atoms with E-state index in [0.717, 1.165) is 9.13 Å². The number of rotatable bonds is 0. The fraction of sp³-hybridized carbons (Fsp3) is 0.167. The highest BCUT2D eigenvalue weighted by Crippen LogP contribution is 2.15. The quantitative estimate of drug-likeness (QED) is 0.512. The van der Waals surface area contributed by atoms with Crippen LogP contribution in [0.15, 0.2) is 12.3 Å². The zero-order chi connectivity index (χ0) is 6.85. The molecule has 1 heterocycles. The van der Waals surface area contributed by atoms with Gasteiger partial charge in [-0.1, -0.05) is 11.6 Å². The van der Waals surface area contributed by atoms with E-state index in [1.54, 1.807) is 6.20 Å². The first kappa shape index (κ1) is 7.28. The molecule has 0 N–H and O–H groups in total. The van der Waals surface area contributed by atoms with Crippen molar-refractivity contribution in [2.45, 2.75) is 6.92 Å². The molecule has 0 atom stereocenters. The monoisotopic (exact) mass is 253 g/mol. The van der Waals surface area contributed by atoms with Gasteiger partial charge >= 0.3 is 0 Å². The lowest BCUT2D eigenvalue weighted by atomic mass is 10.3. The van der Waals surface area contributed by atoms with Crippen molar-refractivity contribution in [1.82, 2.24) is 4.98 Å². The van der Waals surface area contributed by atoms with Gasteiger partial charge in [0.25, 0.3) is 0 Å². The Hall–Kier alpha value is 0.170. The van der Waals surface area contributed by atoms with Crippen LogP contribution in [0.2, 0.25) is 5.15 Å². The second-order valence-corrected chi connectivity index (χ2v) is 3.31. The SMILES string of the molecule is Cc1cnc(Cl)c(I)c1. The van der Waals surface area contributed by atoms with Gasteiger partial charge in [-0.15, -0.1) is 0 Å². The molecule has 0 fully saturated rings. The lowest BCUT2D eigenvalue weighted by Crippen LogP contribution is -1.81. The van der Waals surface area contributed by atoms with Crippen LogP contribution < -0.4 is 0 Å². The van der Waals surface area contributed by atoms with Crippen LogP contribution in [0.3, 0.4) is 0 Å². The smallest absolute Gasteiger partial charge is 0.142 e. The van der Waals surface area contributed by atoms with Crippen LogP contribution in [0.1, 0.15) is 5.56 Å². The first-order valence-corrected chi connectivity index (χ1v) is 3.93. The first-order chi connectivity index (χ1) is 4.20. The van der Waals surface area contributed by atoms with Gasteiger partial charge in [0.15, 0.2) is 0 Å². The number of pyridine rings is 1. The molecular formula is C6H5ClIN. The van der Waals surface area contributed by atoms with Crippen molar-refractivity contribution in [1.29, 1.82) is 0 Å². The van der Waals surface area contributed by atoms with Gasteiger partial charge in [0, 0.05) is 6.20 Å². The summed E-state index contributed by atoms with van der Waals surface area (Å²) < 4.78 is 1.01. The third-order valence-electron chi connectivity index (χ3n) is 0.933. The lowest BCUT2D eigenvalue weighted by molar-refractivity contribution is 1.25. The van der Waals surface area contributed by atoms with E-state index in [0.29, 0.717) is 5.15 Å². The molecule has 0 aliphatic rings. The van der Waals surface area contributed by atoms with Gasteiger partial charge in [-0.05, 0) is 41.1 Å². The molecule has 9 heavy (non-hydrogen) atoms. The highest BCUT2D eigenvalue weighted by molar-refractivity contribution is 14.1. The highest BCUT2D eigenvalue weighted by atomic mass is 127. The number of aromatic nitrogens is 1. The normalized spacial score (nSPS) is 9.67. The van der Waals surface area contributed by atoms with E-state index in [9.17, 15) is 0 Å². The number of nitrogens with zero attached hydrogens (tertiary/aromatic N) is 1. The predicted molar refractivity (Wildman–Crippen MR) is 46.7 cm³/mol. The van der Waals surface area contributed by atoms with Crippen LogP contribution in [0, 0.1) is 10.5 Å². The third kappa shape index (κ3) is 1.79. The van der Waals surface area contributed by atoms with Gasteiger partial charge in [0.05, 0.1) is 3.57 Å². The number of halogens is 2. The van der Waals surface area contributed by atoms with Gasteiger partial charge in [-0.2, -0.15) is 0 Å². The van der Waals surface area contributed by atoms with Crippen LogP contribution in [0.25, 0.3) is 0 Å². The summed E-state index contributed by atoms with van der Waals surface area (Å²) in [5.41, 5.74) is 1.14. The van der Waals surface area contributed by atoms with Crippen molar-refractivity contribution >= 4 is 34.2 Å². The average Bonchev–Trinajstić information content (AvgIpc) is 1.80. The van der Waals surface area contributed by atoms with Gasteiger partial charge in [0.2, 0.25) is 0 Å². The minimum absolute atomic E-state index is 0.584. The molecule has 0 aliphatic heterocycles. The average molecular weight is 253 g/mol. The van der Waals surface area contributed by atoms with E-state index < -0.39 is 0 Å². The largest absolute Gasteiger partial charge is 0.243 e. The molecule has 0 spiro atoms. The maximum Gasteiger partial charge on any atom is 0.142 e. The summed E-state index contributed by atoms with van der Waals surface area (Å²) >= 11 is 7.82. The van der Waals surface area contributed by atoms with Crippen LogP contribution in [0.5, 0.6) is 0 Å². The summed E-state index contributed by atoms with van der Waals surface area (Å²) in [6.45, 7) is 1.99. The zero-order valence-electron chi connectivity index (χ0n) is 4.86. The Morgan fingerprint density at radius 2 is 2.33 bits per heavy atom. The Kier molecular flexibility index (Phi) is 2.29. The fourth-order valence-corrected chi connectivity index (χ4v) is 1.25. The Morgan fingerprint density at radius 3 is 2.78 bits per heavy atom. The molecule has 0 unspecified atom stereocenters. The molecule has 1 nitrogen and oxygen atoms in total. The summed E-state index contributed by atoms with van der Waals surface area (Å²) in [5, 5.41) is 0.584. The number of hydrogen-bond donors (Lipinski definition) is 0. The minimum atomic E-state index is 0.584. The maximum atomic E-state index is 5.66. The molecule has 48 valence electrons. The van der Waals surface area contributed by atoms with Crippen molar-refractivity contribution in [2.75, 3.05) is 0 Å². The summed E-state index contributed by atoms with van der Waals surface area (Å²) in [5.74, 6) is 0. The molecule has 0 aromatic carbocycles. The topological polar surface area (TPSA) is 12.9 Å². The Morgan fingerprint density at radius 1 is 1.67 bits per heavy atom. The van der Waals surface area contributed by atoms with Gasteiger partial charge in [0.1, 0.15) is 5.15 Å². The molecule has 0 saturated carbocycles. The van der Waals surface area contributed by atoms with Gasteiger partial charge in [-0.25, -0.2) is 4.98 Å². The number of aryl methyl sites for hydroxylation is 1. The Labute approximate surface area is 72.6 Å². The van der Waals surface area contributed by atoms with E-state index >= 15 is 0 Å². The molecule has 0 bridgehead atoms. The molecule has 0 radical (unpaired) electrons. The zero-order valence-corrected chi connectivity index (χ0v) is 7.77. The molecule has 3 heteroatoms. The Balaban J connectivity index is 3.17. The molecule has 1 aromatic heterocycles. The predicted octanol–water partition coefficient (Wildman–Crippen LogP) is 2.65. The van der Waals surface area contributed by atoms with Crippen molar-refractivity contribution in [3.63, 3.8) is 0 Å². The molecule has 0 saturated heterocycles. The molecular weight excluding hydrogens is 248 g/mol.